The molecule has 0 bridgehead atoms. The fourth-order valence-electron chi connectivity index (χ4n) is 2.29. The quantitative estimate of drug-likeness (QED) is 0.344. The van der Waals surface area contributed by atoms with E-state index in [2.05, 4.69) is 0 Å². The van der Waals surface area contributed by atoms with Gasteiger partial charge in [-0.05, 0) is 36.4 Å². The van der Waals surface area contributed by atoms with Crippen molar-refractivity contribution in [3.8, 4) is 0 Å². The van der Waals surface area contributed by atoms with Gasteiger partial charge in [-0.15, -0.1) is 0 Å². The van der Waals surface area contributed by atoms with Crippen LogP contribution >= 0.6 is 35.6 Å². The van der Waals surface area contributed by atoms with Crippen LogP contribution in [0.4, 0.5) is 23.2 Å². The van der Waals surface area contributed by atoms with Gasteiger partial charge in [0.25, 0.3) is 5.91 Å². The Bertz CT molecular complexity index is 922. The lowest BCUT2D eigenvalue weighted by molar-refractivity contribution is -0.137. The molecule has 0 spiro atoms. The average molecular weight is 418 g/mol. The van der Waals surface area contributed by atoms with Crippen LogP contribution in [0.2, 0.25) is 5.02 Å². The minimum Gasteiger partial charge on any atom is -0.268 e. The molecule has 3 rings (SSSR count). The van der Waals surface area contributed by atoms with Gasteiger partial charge in [0.05, 0.1) is 21.2 Å². The van der Waals surface area contributed by atoms with Crippen molar-refractivity contribution in [3.63, 3.8) is 0 Å². The van der Waals surface area contributed by atoms with Crippen LogP contribution in [0.15, 0.2) is 47.4 Å². The molecule has 0 saturated carbocycles. The fraction of sp³-hybridized carbons (Fsp3) is 0.0588. The van der Waals surface area contributed by atoms with Gasteiger partial charge in [-0.25, -0.2) is 4.39 Å². The number of thioether (sulfide) groups is 1. The van der Waals surface area contributed by atoms with Crippen molar-refractivity contribution in [2.75, 3.05) is 4.90 Å². The average Bonchev–Trinajstić information content (AvgIpc) is 2.84. The minimum absolute atomic E-state index is 0.00893. The van der Waals surface area contributed by atoms with Crippen LogP contribution in [0, 0.1) is 5.82 Å². The zero-order valence-corrected chi connectivity index (χ0v) is 15.1. The highest BCUT2D eigenvalue weighted by Crippen LogP contribution is 2.39. The number of hydrogen-bond donors (Lipinski definition) is 0. The summed E-state index contributed by atoms with van der Waals surface area (Å²) >= 11 is 11.9. The number of nitrogens with zero attached hydrogens (tertiary/aromatic N) is 1. The standard InChI is InChI=1S/C17H8ClF4NOS2/c18-12-5-2-6-13(19)11(12)8-14-15(24)23(16(25)26-14)10-4-1-3-9(7-10)17(20,21)22/h1-8H/b14-8-. The maximum Gasteiger partial charge on any atom is 0.416 e. The molecule has 2 nitrogen and oxygen atoms in total. The lowest BCUT2D eigenvalue weighted by Gasteiger charge is -2.16. The maximum absolute atomic E-state index is 13.9. The van der Waals surface area contributed by atoms with Crippen LogP contribution in [0.1, 0.15) is 11.1 Å². The first-order valence-corrected chi connectivity index (χ1v) is 8.68. The Labute approximate surface area is 160 Å². The second-order valence-electron chi connectivity index (χ2n) is 5.20. The second-order valence-corrected chi connectivity index (χ2v) is 7.28. The van der Waals surface area contributed by atoms with E-state index < -0.39 is 23.5 Å². The Morgan fingerprint density at radius 3 is 2.50 bits per heavy atom. The smallest absolute Gasteiger partial charge is 0.268 e. The summed E-state index contributed by atoms with van der Waals surface area (Å²) in [4.78, 5) is 13.7. The third-order valence-electron chi connectivity index (χ3n) is 3.50. The molecule has 26 heavy (non-hydrogen) atoms. The molecule has 9 heteroatoms. The van der Waals surface area contributed by atoms with Crippen LogP contribution in [-0.2, 0) is 11.0 Å². The zero-order chi connectivity index (χ0) is 19.1. The van der Waals surface area contributed by atoms with E-state index in [0.29, 0.717) is 0 Å². The molecule has 2 aromatic rings. The van der Waals surface area contributed by atoms with Gasteiger partial charge in [-0.2, -0.15) is 13.2 Å². The van der Waals surface area contributed by atoms with Crippen LogP contribution in [0.5, 0.6) is 0 Å². The van der Waals surface area contributed by atoms with E-state index in [1.165, 1.54) is 36.4 Å². The molecule has 1 amide bonds. The topological polar surface area (TPSA) is 20.3 Å². The number of carbonyl (C=O) groups is 1. The zero-order valence-electron chi connectivity index (χ0n) is 12.7. The molecule has 0 atom stereocenters. The molecule has 0 unspecified atom stereocenters. The van der Waals surface area contributed by atoms with Crippen molar-refractivity contribution in [2.24, 2.45) is 0 Å². The molecule has 0 aromatic heterocycles. The summed E-state index contributed by atoms with van der Waals surface area (Å²) in [6, 6.07) is 8.34. The highest BCUT2D eigenvalue weighted by molar-refractivity contribution is 8.27. The molecule has 1 aliphatic heterocycles. The van der Waals surface area contributed by atoms with E-state index in [1.54, 1.807) is 0 Å². The Kier molecular flexibility index (Phi) is 5.09. The monoisotopic (exact) mass is 417 g/mol. The summed E-state index contributed by atoms with van der Waals surface area (Å²) in [5.74, 6) is -1.26. The van der Waals surface area contributed by atoms with E-state index >= 15 is 0 Å². The molecule has 0 N–H and O–H groups in total. The van der Waals surface area contributed by atoms with Crippen molar-refractivity contribution in [1.82, 2.24) is 0 Å². The molecule has 2 aromatic carbocycles. The second kappa shape index (κ2) is 7.02. The molecule has 0 aliphatic carbocycles. The highest BCUT2D eigenvalue weighted by Gasteiger charge is 2.36. The summed E-state index contributed by atoms with van der Waals surface area (Å²) < 4.78 is 52.6. The normalized spacial score (nSPS) is 16.7. The molecular weight excluding hydrogens is 410 g/mol. The molecular formula is C17H8ClF4NOS2. The molecule has 134 valence electrons. The van der Waals surface area contributed by atoms with Gasteiger partial charge in [0.15, 0.2) is 4.32 Å². The van der Waals surface area contributed by atoms with E-state index in [0.717, 1.165) is 28.8 Å². The van der Waals surface area contributed by atoms with Gasteiger partial charge >= 0.3 is 6.18 Å². The summed E-state index contributed by atoms with van der Waals surface area (Å²) in [7, 11) is 0. The van der Waals surface area contributed by atoms with Crippen LogP contribution in [-0.4, -0.2) is 10.2 Å². The minimum atomic E-state index is -4.55. The van der Waals surface area contributed by atoms with Crippen LogP contribution in [0.25, 0.3) is 6.08 Å². The molecule has 1 aliphatic rings. The van der Waals surface area contributed by atoms with Crippen molar-refractivity contribution in [1.29, 1.82) is 0 Å². The van der Waals surface area contributed by atoms with Gasteiger partial charge < -0.3 is 0 Å². The van der Waals surface area contributed by atoms with Gasteiger partial charge in [-0.3, -0.25) is 9.69 Å². The first-order valence-electron chi connectivity index (χ1n) is 7.07. The Hall–Kier alpha value is -1.90. The number of carbonyl (C=O) groups excluding carboxylic acids is 1. The number of rotatable bonds is 2. The van der Waals surface area contributed by atoms with E-state index in [1.807, 2.05) is 0 Å². The summed E-state index contributed by atoms with van der Waals surface area (Å²) in [6.45, 7) is 0. The summed E-state index contributed by atoms with van der Waals surface area (Å²) in [6.07, 6.45) is -3.31. The SMILES string of the molecule is O=C1/C(=C/c2c(F)cccc2Cl)SC(=S)N1c1cccc(C(F)(F)F)c1. The number of anilines is 1. The van der Waals surface area contributed by atoms with E-state index in [9.17, 15) is 22.4 Å². The van der Waals surface area contributed by atoms with Crippen LogP contribution in [0.3, 0.4) is 0 Å². The largest absolute Gasteiger partial charge is 0.416 e. The Balaban J connectivity index is 1.99. The number of amides is 1. The van der Waals surface area contributed by atoms with Gasteiger partial charge in [0.1, 0.15) is 5.82 Å². The fourth-order valence-corrected chi connectivity index (χ4v) is 3.79. The summed E-state index contributed by atoms with van der Waals surface area (Å²) in [5.41, 5.74) is -0.894. The summed E-state index contributed by atoms with van der Waals surface area (Å²) in [5, 5.41) is 0.106. The molecule has 1 saturated heterocycles. The number of thiocarbonyl (C=S) groups is 1. The van der Waals surface area contributed by atoms with Gasteiger partial charge in [0, 0.05) is 5.56 Å². The third kappa shape index (κ3) is 3.62. The van der Waals surface area contributed by atoms with Gasteiger partial charge in [0.2, 0.25) is 0 Å². The lowest BCUT2D eigenvalue weighted by atomic mass is 10.1. The molecule has 1 fully saturated rings. The number of hydrogen-bond acceptors (Lipinski definition) is 3. The Morgan fingerprint density at radius 1 is 1.15 bits per heavy atom. The lowest BCUT2D eigenvalue weighted by Crippen LogP contribution is -2.27. The van der Waals surface area contributed by atoms with E-state index in [4.69, 9.17) is 23.8 Å². The maximum atomic E-state index is 13.9. The highest BCUT2D eigenvalue weighted by atomic mass is 35.5. The van der Waals surface area contributed by atoms with Crippen molar-refractivity contribution in [3.05, 3.63) is 69.3 Å². The number of halogens is 5. The van der Waals surface area contributed by atoms with Crippen molar-refractivity contribution in [2.45, 2.75) is 6.18 Å². The van der Waals surface area contributed by atoms with Crippen LogP contribution < -0.4 is 4.90 Å². The predicted molar refractivity (Wildman–Crippen MR) is 98.5 cm³/mol. The number of alkyl halides is 3. The number of benzene rings is 2. The predicted octanol–water partition coefficient (Wildman–Crippen LogP) is 5.90. The first-order chi connectivity index (χ1) is 12.2. The first kappa shape index (κ1) is 18.9. The van der Waals surface area contributed by atoms with Gasteiger partial charge in [-0.1, -0.05) is 47.7 Å². The van der Waals surface area contributed by atoms with E-state index in [-0.39, 0.29) is 25.5 Å². The van der Waals surface area contributed by atoms with Crippen molar-refractivity contribution < 1.29 is 22.4 Å². The van der Waals surface area contributed by atoms with Crippen molar-refractivity contribution >= 4 is 57.6 Å². The Morgan fingerprint density at radius 2 is 1.85 bits per heavy atom. The third-order valence-corrected chi connectivity index (χ3v) is 5.13. The molecule has 0 radical (unpaired) electrons. The molecule has 1 heterocycles.